The fraction of sp³-hybridized carbons (Fsp3) is 0.385. The third-order valence-electron chi connectivity index (χ3n) is 3.43. The Bertz CT molecular complexity index is 682. The van der Waals surface area contributed by atoms with Gasteiger partial charge in [-0.3, -0.25) is 0 Å². The molecule has 0 radical (unpaired) electrons. The van der Waals surface area contributed by atoms with Crippen LogP contribution in [-0.2, 0) is 10.0 Å². The van der Waals surface area contributed by atoms with Crippen molar-refractivity contribution in [3.63, 3.8) is 0 Å². The number of sulfonamides is 1. The molecule has 1 saturated heterocycles. The second-order valence-electron chi connectivity index (χ2n) is 4.81. The maximum absolute atomic E-state index is 12.4. The van der Waals surface area contributed by atoms with Gasteiger partial charge in [0, 0.05) is 29.7 Å². The van der Waals surface area contributed by atoms with Gasteiger partial charge in [0.15, 0.2) is 0 Å². The lowest BCUT2D eigenvalue weighted by Gasteiger charge is -2.15. The van der Waals surface area contributed by atoms with E-state index in [9.17, 15) is 8.42 Å². The molecule has 0 aliphatic carbocycles. The molecule has 1 N–H and O–H groups in total. The van der Waals surface area contributed by atoms with Gasteiger partial charge in [-0.1, -0.05) is 0 Å². The summed E-state index contributed by atoms with van der Waals surface area (Å²) in [5, 5.41) is 0.952. The molecule has 4 nitrogen and oxygen atoms in total. The summed E-state index contributed by atoms with van der Waals surface area (Å²) in [6.07, 6.45) is 1.93. The van der Waals surface area contributed by atoms with Crippen molar-refractivity contribution in [1.29, 1.82) is 0 Å². The molecular formula is C13H16N2O2S. The van der Waals surface area contributed by atoms with Crippen molar-refractivity contribution in [1.82, 2.24) is 9.29 Å². The lowest BCUT2D eigenvalue weighted by molar-refractivity contribution is 0.477. The van der Waals surface area contributed by atoms with Gasteiger partial charge in [-0.15, -0.1) is 0 Å². The van der Waals surface area contributed by atoms with Crippen molar-refractivity contribution >= 4 is 20.9 Å². The number of H-pyrrole nitrogens is 1. The van der Waals surface area contributed by atoms with Gasteiger partial charge in [0.2, 0.25) is 10.0 Å². The standard InChI is InChI=1S/C13H16N2O2S/c1-10-8-11-9-12(4-5-13(11)14-10)18(16,17)15-6-2-3-7-15/h4-5,8-9,14H,2-3,6-7H2,1H3. The number of aromatic amines is 1. The van der Waals surface area contributed by atoms with Crippen LogP contribution in [0.1, 0.15) is 18.5 Å². The van der Waals surface area contributed by atoms with Crippen LogP contribution in [0.3, 0.4) is 0 Å². The molecule has 0 amide bonds. The van der Waals surface area contributed by atoms with Gasteiger partial charge >= 0.3 is 0 Å². The lowest BCUT2D eigenvalue weighted by Crippen LogP contribution is -2.27. The first-order chi connectivity index (χ1) is 8.57. The largest absolute Gasteiger partial charge is 0.359 e. The Kier molecular flexibility index (Phi) is 2.68. The van der Waals surface area contributed by atoms with Gasteiger partial charge in [0.25, 0.3) is 0 Å². The van der Waals surface area contributed by atoms with Crippen LogP contribution in [0.5, 0.6) is 0 Å². The van der Waals surface area contributed by atoms with Crippen LogP contribution < -0.4 is 0 Å². The minimum absolute atomic E-state index is 0.399. The predicted molar refractivity (Wildman–Crippen MR) is 71.0 cm³/mol. The highest BCUT2D eigenvalue weighted by Crippen LogP contribution is 2.24. The van der Waals surface area contributed by atoms with Crippen LogP contribution in [-0.4, -0.2) is 30.8 Å². The van der Waals surface area contributed by atoms with Gasteiger partial charge < -0.3 is 4.98 Å². The van der Waals surface area contributed by atoms with Crippen molar-refractivity contribution in [2.45, 2.75) is 24.7 Å². The lowest BCUT2D eigenvalue weighted by atomic mass is 10.2. The average Bonchev–Trinajstić information content (AvgIpc) is 2.95. The first-order valence-corrected chi connectivity index (χ1v) is 7.61. The summed E-state index contributed by atoms with van der Waals surface area (Å²) in [6, 6.07) is 7.25. The highest BCUT2D eigenvalue weighted by Gasteiger charge is 2.27. The maximum Gasteiger partial charge on any atom is 0.243 e. The van der Waals surface area contributed by atoms with Gasteiger partial charge in [0.1, 0.15) is 0 Å². The molecule has 0 unspecified atom stereocenters. The molecule has 1 aliphatic heterocycles. The van der Waals surface area contributed by atoms with Crippen LogP contribution in [0.15, 0.2) is 29.2 Å². The van der Waals surface area contributed by atoms with E-state index in [1.807, 2.05) is 19.1 Å². The van der Waals surface area contributed by atoms with Crippen LogP contribution >= 0.6 is 0 Å². The Hall–Kier alpha value is -1.33. The van der Waals surface area contributed by atoms with Gasteiger partial charge in [-0.25, -0.2) is 8.42 Å². The molecule has 0 spiro atoms. The fourth-order valence-corrected chi connectivity index (χ4v) is 4.05. The Morgan fingerprint density at radius 1 is 1.17 bits per heavy atom. The molecule has 1 aromatic heterocycles. The van der Waals surface area contributed by atoms with E-state index >= 15 is 0 Å². The summed E-state index contributed by atoms with van der Waals surface area (Å²) in [7, 11) is -3.30. The molecule has 1 aliphatic rings. The average molecular weight is 264 g/mol. The normalized spacial score (nSPS) is 17.6. The smallest absolute Gasteiger partial charge is 0.243 e. The topological polar surface area (TPSA) is 53.2 Å². The Labute approximate surface area is 107 Å². The minimum atomic E-state index is -3.30. The zero-order chi connectivity index (χ0) is 12.8. The SMILES string of the molecule is Cc1cc2cc(S(=O)(=O)N3CCCC3)ccc2[nH]1. The first-order valence-electron chi connectivity index (χ1n) is 6.17. The van der Waals surface area contributed by atoms with Crippen LogP contribution in [0.2, 0.25) is 0 Å². The van der Waals surface area contributed by atoms with Crippen LogP contribution in [0.25, 0.3) is 10.9 Å². The van der Waals surface area contributed by atoms with Gasteiger partial charge in [0.05, 0.1) is 4.90 Å². The number of hydrogen-bond donors (Lipinski definition) is 1. The van der Waals surface area contributed by atoms with Crippen molar-refractivity contribution in [2.24, 2.45) is 0 Å². The summed E-state index contributed by atoms with van der Waals surface area (Å²) in [5.41, 5.74) is 2.02. The summed E-state index contributed by atoms with van der Waals surface area (Å²) in [4.78, 5) is 3.60. The molecule has 2 heterocycles. The van der Waals surface area contributed by atoms with E-state index in [0.717, 1.165) is 29.4 Å². The molecule has 1 fully saturated rings. The number of aryl methyl sites for hydroxylation is 1. The molecule has 0 atom stereocenters. The predicted octanol–water partition coefficient (Wildman–Crippen LogP) is 2.26. The highest BCUT2D eigenvalue weighted by molar-refractivity contribution is 7.89. The summed E-state index contributed by atoms with van der Waals surface area (Å²) < 4.78 is 26.4. The van der Waals surface area contributed by atoms with E-state index in [2.05, 4.69) is 4.98 Å². The fourth-order valence-electron chi connectivity index (χ4n) is 2.49. The number of rotatable bonds is 2. The Morgan fingerprint density at radius 3 is 2.61 bits per heavy atom. The summed E-state index contributed by atoms with van der Waals surface area (Å²) in [6.45, 7) is 3.26. The number of benzene rings is 1. The minimum Gasteiger partial charge on any atom is -0.359 e. The zero-order valence-corrected chi connectivity index (χ0v) is 11.1. The zero-order valence-electron chi connectivity index (χ0n) is 10.3. The van der Waals surface area contributed by atoms with Gasteiger partial charge in [-0.05, 0) is 44.0 Å². The molecule has 0 bridgehead atoms. The number of hydrogen-bond acceptors (Lipinski definition) is 2. The molecule has 96 valence electrons. The molecule has 0 saturated carbocycles. The van der Waals surface area contributed by atoms with Crippen LogP contribution in [0.4, 0.5) is 0 Å². The van der Waals surface area contributed by atoms with E-state index in [1.54, 1.807) is 16.4 Å². The van der Waals surface area contributed by atoms with E-state index in [4.69, 9.17) is 0 Å². The van der Waals surface area contributed by atoms with E-state index in [-0.39, 0.29) is 0 Å². The second kappa shape index (κ2) is 4.10. The molecule has 18 heavy (non-hydrogen) atoms. The van der Waals surface area contributed by atoms with Crippen molar-refractivity contribution in [3.05, 3.63) is 30.0 Å². The van der Waals surface area contributed by atoms with Gasteiger partial charge in [-0.2, -0.15) is 4.31 Å². The third-order valence-corrected chi connectivity index (χ3v) is 5.32. The molecule has 3 rings (SSSR count). The quantitative estimate of drug-likeness (QED) is 0.904. The van der Waals surface area contributed by atoms with E-state index < -0.39 is 10.0 Å². The van der Waals surface area contributed by atoms with Crippen LogP contribution in [0, 0.1) is 6.92 Å². The highest BCUT2D eigenvalue weighted by atomic mass is 32.2. The number of fused-ring (bicyclic) bond motifs is 1. The number of nitrogens with zero attached hydrogens (tertiary/aromatic N) is 1. The molecular weight excluding hydrogens is 248 g/mol. The third kappa shape index (κ3) is 1.83. The van der Waals surface area contributed by atoms with E-state index in [0.29, 0.717) is 18.0 Å². The monoisotopic (exact) mass is 264 g/mol. The second-order valence-corrected chi connectivity index (χ2v) is 6.75. The molecule has 1 aromatic carbocycles. The number of aromatic nitrogens is 1. The van der Waals surface area contributed by atoms with E-state index in [1.165, 1.54) is 0 Å². The van der Waals surface area contributed by atoms with Crippen molar-refractivity contribution in [2.75, 3.05) is 13.1 Å². The van der Waals surface area contributed by atoms with Crippen molar-refractivity contribution in [3.8, 4) is 0 Å². The van der Waals surface area contributed by atoms with Crippen molar-refractivity contribution < 1.29 is 8.42 Å². The summed E-state index contributed by atoms with van der Waals surface area (Å²) >= 11 is 0. The molecule has 2 aromatic rings. The maximum atomic E-state index is 12.4. The Balaban J connectivity index is 2.07. The Morgan fingerprint density at radius 2 is 1.89 bits per heavy atom. The molecule has 5 heteroatoms. The first kappa shape index (κ1) is 11.7. The number of nitrogens with one attached hydrogen (secondary N) is 1. The summed E-state index contributed by atoms with van der Waals surface area (Å²) in [5.74, 6) is 0.